The van der Waals surface area contributed by atoms with Crippen LogP contribution in [0.15, 0.2) is 24.3 Å². The topological polar surface area (TPSA) is 24.5 Å². The zero-order valence-electron chi connectivity index (χ0n) is 11.6. The summed E-state index contributed by atoms with van der Waals surface area (Å²) in [6, 6.07) is 9.40. The number of rotatable bonds is 5. The highest BCUT2D eigenvalue weighted by Gasteiger charge is 2.27. The summed E-state index contributed by atoms with van der Waals surface area (Å²) in [5, 5.41) is 3.54. The van der Waals surface area contributed by atoms with E-state index >= 15 is 0 Å². The Balaban J connectivity index is 2.05. The Kier molecular flexibility index (Phi) is 4.61. The quantitative estimate of drug-likeness (QED) is 0.866. The molecule has 2 atom stereocenters. The van der Waals surface area contributed by atoms with E-state index in [0.29, 0.717) is 12.1 Å². The van der Waals surface area contributed by atoms with E-state index in [2.05, 4.69) is 36.2 Å². The Bertz CT molecular complexity index is 381. The summed E-state index contributed by atoms with van der Waals surface area (Å²) < 4.78 is 5.46. The van der Waals surface area contributed by atoms with Crippen molar-refractivity contribution in [3.05, 3.63) is 29.8 Å². The van der Waals surface area contributed by atoms with E-state index in [1.807, 2.05) is 12.1 Å². The van der Waals surface area contributed by atoms with Crippen LogP contribution in [0.2, 0.25) is 0 Å². The monoisotopic (exact) mass is 248 g/mol. The summed E-state index contributed by atoms with van der Waals surface area (Å²) in [7, 11) is 1.75. The van der Waals surface area contributed by atoms with Crippen molar-refractivity contribution < 1.29 is 4.74 Å². The third kappa shape index (κ3) is 2.85. The molecule has 3 nitrogen and oxygen atoms in total. The summed E-state index contributed by atoms with van der Waals surface area (Å²) in [5.74, 6) is 0.997. The van der Waals surface area contributed by atoms with Gasteiger partial charge in [-0.2, -0.15) is 0 Å². The Morgan fingerprint density at radius 3 is 2.94 bits per heavy atom. The summed E-state index contributed by atoms with van der Waals surface area (Å²) in [4.78, 5) is 2.53. The second-order valence-corrected chi connectivity index (χ2v) is 4.96. The molecule has 1 aliphatic rings. The predicted molar refractivity (Wildman–Crippen MR) is 75.1 cm³/mol. The zero-order chi connectivity index (χ0) is 13.0. The molecule has 1 heterocycles. The van der Waals surface area contributed by atoms with Crippen molar-refractivity contribution in [2.45, 2.75) is 32.4 Å². The van der Waals surface area contributed by atoms with E-state index in [1.54, 1.807) is 7.11 Å². The molecular weight excluding hydrogens is 224 g/mol. The first-order valence-corrected chi connectivity index (χ1v) is 6.86. The van der Waals surface area contributed by atoms with Crippen LogP contribution in [0.1, 0.15) is 31.9 Å². The molecule has 0 aliphatic carbocycles. The number of nitrogens with one attached hydrogen (secondary N) is 1. The molecule has 0 spiro atoms. The Labute approximate surface area is 110 Å². The first-order chi connectivity index (χ1) is 8.76. The van der Waals surface area contributed by atoms with Crippen molar-refractivity contribution in [1.82, 2.24) is 10.2 Å². The average molecular weight is 248 g/mol. The Morgan fingerprint density at radius 2 is 2.22 bits per heavy atom. The lowest BCUT2D eigenvalue weighted by molar-refractivity contribution is 0.250. The van der Waals surface area contributed by atoms with Crippen molar-refractivity contribution >= 4 is 0 Å². The molecule has 2 rings (SSSR count). The molecule has 0 saturated carbocycles. The minimum absolute atomic E-state index is 0.421. The highest BCUT2D eigenvalue weighted by molar-refractivity contribution is 5.35. The van der Waals surface area contributed by atoms with Gasteiger partial charge in [-0.1, -0.05) is 25.1 Å². The zero-order valence-corrected chi connectivity index (χ0v) is 11.6. The van der Waals surface area contributed by atoms with E-state index in [4.69, 9.17) is 4.74 Å². The maximum atomic E-state index is 5.46. The first-order valence-electron chi connectivity index (χ1n) is 6.86. The summed E-state index contributed by atoms with van der Waals surface area (Å²) >= 11 is 0. The van der Waals surface area contributed by atoms with E-state index in [0.717, 1.165) is 25.4 Å². The minimum Gasteiger partial charge on any atom is -0.496 e. The van der Waals surface area contributed by atoms with Crippen molar-refractivity contribution in [3.8, 4) is 5.75 Å². The summed E-state index contributed by atoms with van der Waals surface area (Å²) in [6.45, 7) is 7.80. The fourth-order valence-corrected chi connectivity index (χ4v) is 2.80. The molecule has 100 valence electrons. The molecule has 1 N–H and O–H groups in total. The number of hydrogen-bond donors (Lipinski definition) is 1. The standard InChI is InChI=1S/C15H24N2O/c1-4-16-13-9-10-17(11-13)12(2)14-7-5-6-8-15(14)18-3/h5-8,12-13,16H,4,9-11H2,1-3H3. The van der Waals surface area contributed by atoms with E-state index in [-0.39, 0.29) is 0 Å². The molecule has 1 fully saturated rings. The second-order valence-electron chi connectivity index (χ2n) is 4.96. The van der Waals surface area contributed by atoms with Crippen LogP contribution in [0.3, 0.4) is 0 Å². The molecule has 2 unspecified atom stereocenters. The van der Waals surface area contributed by atoms with Crippen LogP contribution in [0.4, 0.5) is 0 Å². The average Bonchev–Trinajstić information content (AvgIpc) is 2.87. The van der Waals surface area contributed by atoms with Crippen molar-refractivity contribution in [2.75, 3.05) is 26.7 Å². The van der Waals surface area contributed by atoms with Crippen molar-refractivity contribution in [2.24, 2.45) is 0 Å². The van der Waals surface area contributed by atoms with Gasteiger partial charge in [0.15, 0.2) is 0 Å². The predicted octanol–water partition coefficient (Wildman–Crippen LogP) is 2.44. The van der Waals surface area contributed by atoms with Gasteiger partial charge in [-0.05, 0) is 26.0 Å². The number of para-hydroxylation sites is 1. The van der Waals surface area contributed by atoms with Gasteiger partial charge in [0.05, 0.1) is 7.11 Å². The van der Waals surface area contributed by atoms with Crippen molar-refractivity contribution in [3.63, 3.8) is 0 Å². The molecular formula is C15H24N2O. The van der Waals surface area contributed by atoms with Gasteiger partial charge < -0.3 is 10.1 Å². The van der Waals surface area contributed by atoms with Crippen LogP contribution in [0.5, 0.6) is 5.75 Å². The first kappa shape index (κ1) is 13.4. The lowest BCUT2D eigenvalue weighted by Gasteiger charge is -2.26. The highest BCUT2D eigenvalue weighted by atomic mass is 16.5. The molecule has 1 saturated heterocycles. The normalized spacial score (nSPS) is 22.1. The minimum atomic E-state index is 0.421. The summed E-state index contributed by atoms with van der Waals surface area (Å²) in [5.41, 5.74) is 1.29. The maximum absolute atomic E-state index is 5.46. The number of hydrogen-bond acceptors (Lipinski definition) is 3. The molecule has 0 bridgehead atoms. The fraction of sp³-hybridized carbons (Fsp3) is 0.600. The van der Waals surface area contributed by atoms with Crippen LogP contribution in [0.25, 0.3) is 0 Å². The lowest BCUT2D eigenvalue weighted by atomic mass is 10.1. The number of methoxy groups -OCH3 is 1. The molecule has 0 amide bonds. The Hall–Kier alpha value is -1.06. The SMILES string of the molecule is CCNC1CCN(C(C)c2ccccc2OC)C1. The molecule has 0 radical (unpaired) electrons. The third-order valence-electron chi connectivity index (χ3n) is 3.85. The van der Waals surface area contributed by atoms with Gasteiger partial charge in [-0.25, -0.2) is 0 Å². The lowest BCUT2D eigenvalue weighted by Crippen LogP contribution is -2.33. The molecule has 3 heteroatoms. The molecule has 0 aromatic heterocycles. The molecule has 18 heavy (non-hydrogen) atoms. The van der Waals surface area contributed by atoms with Crippen LogP contribution in [-0.2, 0) is 0 Å². The van der Waals surface area contributed by atoms with Gasteiger partial charge in [0, 0.05) is 30.7 Å². The van der Waals surface area contributed by atoms with Gasteiger partial charge >= 0.3 is 0 Å². The highest BCUT2D eigenvalue weighted by Crippen LogP contribution is 2.30. The number of ether oxygens (including phenoxy) is 1. The maximum Gasteiger partial charge on any atom is 0.123 e. The van der Waals surface area contributed by atoms with Gasteiger partial charge in [-0.15, -0.1) is 0 Å². The number of benzene rings is 1. The fourth-order valence-electron chi connectivity index (χ4n) is 2.80. The van der Waals surface area contributed by atoms with E-state index in [9.17, 15) is 0 Å². The van der Waals surface area contributed by atoms with Gasteiger partial charge in [0.2, 0.25) is 0 Å². The molecule has 1 aromatic carbocycles. The van der Waals surface area contributed by atoms with E-state index in [1.165, 1.54) is 12.0 Å². The Morgan fingerprint density at radius 1 is 1.44 bits per heavy atom. The number of nitrogens with zero attached hydrogens (tertiary/aromatic N) is 1. The second kappa shape index (κ2) is 6.21. The van der Waals surface area contributed by atoms with Crippen LogP contribution < -0.4 is 10.1 Å². The van der Waals surface area contributed by atoms with Gasteiger partial charge in [-0.3, -0.25) is 4.90 Å². The van der Waals surface area contributed by atoms with E-state index < -0.39 is 0 Å². The summed E-state index contributed by atoms with van der Waals surface area (Å²) in [6.07, 6.45) is 1.24. The smallest absolute Gasteiger partial charge is 0.123 e. The van der Waals surface area contributed by atoms with Gasteiger partial charge in [0.25, 0.3) is 0 Å². The largest absolute Gasteiger partial charge is 0.496 e. The van der Waals surface area contributed by atoms with Crippen LogP contribution in [0, 0.1) is 0 Å². The number of likely N-dealkylation sites (tertiary alicyclic amines) is 1. The van der Waals surface area contributed by atoms with Crippen molar-refractivity contribution in [1.29, 1.82) is 0 Å². The van der Waals surface area contributed by atoms with Crippen LogP contribution >= 0.6 is 0 Å². The number of likely N-dealkylation sites (N-methyl/N-ethyl adjacent to an activating group) is 1. The molecule has 1 aromatic rings. The molecule has 1 aliphatic heterocycles. The van der Waals surface area contributed by atoms with Crippen LogP contribution in [-0.4, -0.2) is 37.7 Å². The third-order valence-corrected chi connectivity index (χ3v) is 3.85. The van der Waals surface area contributed by atoms with Gasteiger partial charge in [0.1, 0.15) is 5.75 Å².